The van der Waals surface area contributed by atoms with E-state index in [1.807, 2.05) is 34.5 Å². The zero-order valence-electron chi connectivity index (χ0n) is 11.9. The number of fused-ring (bicyclic) bond motifs is 1. The van der Waals surface area contributed by atoms with Gasteiger partial charge >= 0.3 is 0 Å². The molecule has 3 heterocycles. The summed E-state index contributed by atoms with van der Waals surface area (Å²) in [5.74, 6) is -0.0659. The Morgan fingerprint density at radius 1 is 1.38 bits per heavy atom. The standard InChI is InChI=1S/C15H17N5O/c1-12-10-20-7-3-13(9-14(20)18-12)15(21)17-4-2-6-19-8-5-16-11-19/h3,5,7-11H,2,4,6H2,1H3,(H,17,21). The van der Waals surface area contributed by atoms with Crippen LogP contribution in [0.3, 0.4) is 0 Å². The van der Waals surface area contributed by atoms with Crippen LogP contribution >= 0.6 is 0 Å². The predicted octanol–water partition coefficient (Wildman–Crippen LogP) is 1.66. The van der Waals surface area contributed by atoms with Crippen LogP contribution in [0.5, 0.6) is 0 Å². The minimum Gasteiger partial charge on any atom is -0.352 e. The number of carbonyl (C=O) groups is 1. The number of hydrogen-bond donors (Lipinski definition) is 1. The summed E-state index contributed by atoms with van der Waals surface area (Å²) in [5.41, 5.74) is 2.36. The third kappa shape index (κ3) is 3.10. The number of aryl methyl sites for hydroxylation is 2. The molecule has 108 valence electrons. The molecule has 0 aliphatic rings. The normalized spacial score (nSPS) is 10.9. The molecule has 3 rings (SSSR count). The second-order valence-electron chi connectivity index (χ2n) is 4.97. The SMILES string of the molecule is Cc1cn2ccc(C(=O)NCCCn3ccnc3)cc2n1. The highest BCUT2D eigenvalue weighted by Crippen LogP contribution is 2.07. The van der Waals surface area contributed by atoms with Crippen molar-refractivity contribution in [1.82, 2.24) is 24.3 Å². The first kappa shape index (κ1) is 13.4. The van der Waals surface area contributed by atoms with Gasteiger partial charge in [-0.3, -0.25) is 4.79 Å². The maximum atomic E-state index is 12.1. The molecule has 0 atom stereocenters. The third-order valence-corrected chi connectivity index (χ3v) is 3.28. The molecule has 0 fully saturated rings. The maximum Gasteiger partial charge on any atom is 0.251 e. The highest BCUT2D eigenvalue weighted by molar-refractivity contribution is 5.94. The lowest BCUT2D eigenvalue weighted by atomic mass is 10.2. The minimum atomic E-state index is -0.0659. The number of aromatic nitrogens is 4. The molecule has 0 spiro atoms. The van der Waals surface area contributed by atoms with Gasteiger partial charge in [0.15, 0.2) is 0 Å². The highest BCUT2D eigenvalue weighted by atomic mass is 16.1. The predicted molar refractivity (Wildman–Crippen MR) is 79.1 cm³/mol. The lowest BCUT2D eigenvalue weighted by molar-refractivity contribution is 0.0952. The van der Waals surface area contributed by atoms with Crippen molar-refractivity contribution in [1.29, 1.82) is 0 Å². The zero-order valence-corrected chi connectivity index (χ0v) is 11.9. The summed E-state index contributed by atoms with van der Waals surface area (Å²) in [6, 6.07) is 3.61. The van der Waals surface area contributed by atoms with Crippen LogP contribution in [0.4, 0.5) is 0 Å². The summed E-state index contributed by atoms with van der Waals surface area (Å²) in [6.45, 7) is 3.41. The van der Waals surface area contributed by atoms with Gasteiger partial charge in [0.25, 0.3) is 5.91 Å². The van der Waals surface area contributed by atoms with Crippen LogP contribution in [0.1, 0.15) is 22.5 Å². The van der Waals surface area contributed by atoms with E-state index < -0.39 is 0 Å². The number of rotatable bonds is 5. The Kier molecular flexibility index (Phi) is 3.68. The van der Waals surface area contributed by atoms with Crippen molar-refractivity contribution in [2.75, 3.05) is 6.54 Å². The van der Waals surface area contributed by atoms with Crippen molar-refractivity contribution in [3.8, 4) is 0 Å². The second kappa shape index (κ2) is 5.78. The fraction of sp³-hybridized carbons (Fsp3) is 0.267. The van der Waals surface area contributed by atoms with Gasteiger partial charge in [-0.05, 0) is 25.5 Å². The number of nitrogens with zero attached hydrogens (tertiary/aromatic N) is 4. The van der Waals surface area contributed by atoms with Crippen molar-refractivity contribution < 1.29 is 4.79 Å². The van der Waals surface area contributed by atoms with E-state index in [0.717, 1.165) is 24.3 Å². The molecule has 0 unspecified atom stereocenters. The molecule has 6 nitrogen and oxygen atoms in total. The highest BCUT2D eigenvalue weighted by Gasteiger charge is 2.07. The van der Waals surface area contributed by atoms with Crippen molar-refractivity contribution >= 4 is 11.6 Å². The quantitative estimate of drug-likeness (QED) is 0.724. The lowest BCUT2D eigenvalue weighted by Crippen LogP contribution is -2.25. The van der Waals surface area contributed by atoms with Gasteiger partial charge < -0.3 is 14.3 Å². The van der Waals surface area contributed by atoms with E-state index in [2.05, 4.69) is 15.3 Å². The smallest absolute Gasteiger partial charge is 0.251 e. The fourth-order valence-electron chi connectivity index (χ4n) is 2.23. The summed E-state index contributed by atoms with van der Waals surface area (Å²) in [7, 11) is 0. The van der Waals surface area contributed by atoms with Crippen LogP contribution in [0.15, 0.2) is 43.2 Å². The molecule has 1 amide bonds. The Morgan fingerprint density at radius 2 is 2.29 bits per heavy atom. The molecule has 3 aromatic heterocycles. The molecule has 0 aliphatic heterocycles. The summed E-state index contributed by atoms with van der Waals surface area (Å²) in [5, 5.41) is 2.92. The number of imidazole rings is 2. The van der Waals surface area contributed by atoms with Crippen LogP contribution in [-0.2, 0) is 6.54 Å². The van der Waals surface area contributed by atoms with Crippen LogP contribution in [0, 0.1) is 6.92 Å². The number of pyridine rings is 1. The Morgan fingerprint density at radius 3 is 3.10 bits per heavy atom. The maximum absolute atomic E-state index is 12.1. The van der Waals surface area contributed by atoms with Gasteiger partial charge in [0.1, 0.15) is 5.65 Å². The molecule has 3 aromatic rings. The number of nitrogens with one attached hydrogen (secondary N) is 1. The Bertz CT molecular complexity index is 745. The molecule has 6 heteroatoms. The van der Waals surface area contributed by atoms with E-state index in [-0.39, 0.29) is 5.91 Å². The van der Waals surface area contributed by atoms with E-state index in [1.54, 1.807) is 24.7 Å². The van der Waals surface area contributed by atoms with Gasteiger partial charge in [-0.25, -0.2) is 9.97 Å². The van der Waals surface area contributed by atoms with Gasteiger partial charge in [0.2, 0.25) is 0 Å². The average molecular weight is 283 g/mol. The van der Waals surface area contributed by atoms with Crippen molar-refractivity contribution in [2.45, 2.75) is 19.9 Å². The zero-order chi connectivity index (χ0) is 14.7. The Labute approximate surface area is 122 Å². The molecule has 0 aliphatic carbocycles. The number of amides is 1. The number of carbonyl (C=O) groups excluding carboxylic acids is 1. The molecule has 0 bridgehead atoms. The molecule has 1 N–H and O–H groups in total. The largest absolute Gasteiger partial charge is 0.352 e. The van der Waals surface area contributed by atoms with E-state index in [9.17, 15) is 4.79 Å². The summed E-state index contributed by atoms with van der Waals surface area (Å²) < 4.78 is 3.90. The minimum absolute atomic E-state index is 0.0659. The van der Waals surface area contributed by atoms with Crippen molar-refractivity contribution in [2.24, 2.45) is 0 Å². The molecule has 0 saturated heterocycles. The summed E-state index contributed by atoms with van der Waals surface area (Å²) in [6.07, 6.45) is 10.1. The van der Waals surface area contributed by atoms with Gasteiger partial charge in [0.05, 0.1) is 12.0 Å². The van der Waals surface area contributed by atoms with Crippen LogP contribution in [-0.4, -0.2) is 31.4 Å². The van der Waals surface area contributed by atoms with E-state index in [0.29, 0.717) is 12.1 Å². The molecule has 21 heavy (non-hydrogen) atoms. The van der Waals surface area contributed by atoms with Crippen molar-refractivity contribution in [3.63, 3.8) is 0 Å². The average Bonchev–Trinajstić information content (AvgIpc) is 3.10. The molecule has 0 aromatic carbocycles. The first-order valence-electron chi connectivity index (χ1n) is 6.92. The number of hydrogen-bond acceptors (Lipinski definition) is 3. The topological polar surface area (TPSA) is 64.2 Å². The second-order valence-corrected chi connectivity index (χ2v) is 4.97. The molecule has 0 radical (unpaired) electrons. The van der Waals surface area contributed by atoms with Crippen LogP contribution in [0.25, 0.3) is 5.65 Å². The third-order valence-electron chi connectivity index (χ3n) is 3.28. The van der Waals surface area contributed by atoms with Gasteiger partial charge in [-0.15, -0.1) is 0 Å². The fourth-order valence-corrected chi connectivity index (χ4v) is 2.23. The summed E-state index contributed by atoms with van der Waals surface area (Å²) in [4.78, 5) is 20.4. The van der Waals surface area contributed by atoms with Crippen LogP contribution < -0.4 is 5.32 Å². The van der Waals surface area contributed by atoms with E-state index in [1.165, 1.54) is 0 Å². The Hall–Kier alpha value is -2.63. The lowest BCUT2D eigenvalue weighted by Gasteiger charge is -2.06. The van der Waals surface area contributed by atoms with E-state index in [4.69, 9.17) is 0 Å². The molecular weight excluding hydrogens is 266 g/mol. The summed E-state index contributed by atoms with van der Waals surface area (Å²) >= 11 is 0. The van der Waals surface area contributed by atoms with Crippen LogP contribution in [0.2, 0.25) is 0 Å². The first-order chi connectivity index (χ1) is 10.2. The molecule has 0 saturated carbocycles. The van der Waals surface area contributed by atoms with Crippen molar-refractivity contribution in [3.05, 3.63) is 54.5 Å². The molecular formula is C15H17N5O. The van der Waals surface area contributed by atoms with Gasteiger partial charge in [-0.1, -0.05) is 0 Å². The van der Waals surface area contributed by atoms with Gasteiger partial charge in [0, 0.05) is 43.4 Å². The Balaban J connectivity index is 1.56. The van der Waals surface area contributed by atoms with Gasteiger partial charge in [-0.2, -0.15) is 0 Å². The first-order valence-corrected chi connectivity index (χ1v) is 6.92. The van der Waals surface area contributed by atoms with E-state index >= 15 is 0 Å². The monoisotopic (exact) mass is 283 g/mol.